The first-order valence-corrected chi connectivity index (χ1v) is 15.0. The molecule has 0 saturated heterocycles. The molecule has 5 aromatic carbocycles. The van der Waals surface area contributed by atoms with E-state index in [0.29, 0.717) is 16.9 Å². The van der Waals surface area contributed by atoms with E-state index in [1.54, 1.807) is 7.11 Å². The number of aromatic amines is 1. The fourth-order valence-corrected chi connectivity index (χ4v) is 5.63. The first-order valence-electron chi connectivity index (χ1n) is 15.0. The van der Waals surface area contributed by atoms with Crippen LogP contribution in [0, 0.1) is 6.33 Å². The largest absolute Gasteiger partial charge is 0.497 e. The van der Waals surface area contributed by atoms with E-state index in [-0.39, 0.29) is 17.5 Å². The summed E-state index contributed by atoms with van der Waals surface area (Å²) >= 11 is 0. The zero-order valence-corrected chi connectivity index (χ0v) is 25.4. The van der Waals surface area contributed by atoms with Crippen LogP contribution in [0.25, 0.3) is 11.2 Å². The van der Waals surface area contributed by atoms with Gasteiger partial charge in [0.15, 0.2) is 12.0 Å². The summed E-state index contributed by atoms with van der Waals surface area (Å²) in [6, 6.07) is 46.5. The van der Waals surface area contributed by atoms with Crippen LogP contribution in [0.15, 0.2) is 146 Å². The lowest BCUT2D eigenvalue weighted by atomic mass is 9.77. The summed E-state index contributed by atoms with van der Waals surface area (Å²) in [6.45, 7) is 0. The lowest BCUT2D eigenvalue weighted by molar-refractivity contribution is 0.209. The number of hydrogen-bond acceptors (Lipinski definition) is 7. The maximum Gasteiger partial charge on any atom is 0.425 e. The molecule has 0 aliphatic rings. The van der Waals surface area contributed by atoms with E-state index >= 15 is 0 Å². The average Bonchev–Trinajstić information content (AvgIpc) is 3.62. The van der Waals surface area contributed by atoms with Crippen molar-refractivity contribution in [1.82, 2.24) is 19.9 Å². The van der Waals surface area contributed by atoms with Crippen LogP contribution in [0.4, 0.5) is 22.1 Å². The zero-order chi connectivity index (χ0) is 32.1. The summed E-state index contributed by atoms with van der Waals surface area (Å²) in [7, 11) is 1.64. The molecule has 2 N–H and O–H groups in total. The molecule has 9 nitrogen and oxygen atoms in total. The van der Waals surface area contributed by atoms with Gasteiger partial charge in [-0.15, -0.1) is 0 Å². The predicted molar refractivity (Wildman–Crippen MR) is 181 cm³/mol. The summed E-state index contributed by atoms with van der Waals surface area (Å²) in [4.78, 5) is 32.2. The number of nitrogens with one attached hydrogen (secondary N) is 2. The Morgan fingerprint density at radius 1 is 0.702 bits per heavy atom. The minimum absolute atomic E-state index is 0.00198. The summed E-state index contributed by atoms with van der Waals surface area (Å²) in [6.07, 6.45) is 2.06. The van der Waals surface area contributed by atoms with E-state index in [9.17, 15) is 4.79 Å². The highest BCUT2D eigenvalue weighted by atomic mass is 16.6. The van der Waals surface area contributed by atoms with Gasteiger partial charge in [-0.1, -0.05) is 109 Å². The van der Waals surface area contributed by atoms with Crippen molar-refractivity contribution in [3.05, 3.63) is 169 Å². The fraction of sp³-hybridized carbons (Fsp3) is 0.0526. The highest BCUT2D eigenvalue weighted by Gasteiger charge is 2.38. The second kappa shape index (κ2) is 12.9. The number of ether oxygens (including phenoxy) is 2. The summed E-state index contributed by atoms with van der Waals surface area (Å²) in [5, 5.41) is 3.63. The number of hydrogen-bond donors (Lipinski definition) is 2. The van der Waals surface area contributed by atoms with Gasteiger partial charge in [0.25, 0.3) is 5.88 Å². The van der Waals surface area contributed by atoms with Crippen molar-refractivity contribution in [1.29, 1.82) is 0 Å². The van der Waals surface area contributed by atoms with Gasteiger partial charge in [0.2, 0.25) is 5.95 Å². The van der Waals surface area contributed by atoms with Crippen LogP contribution in [-0.4, -0.2) is 33.1 Å². The fourth-order valence-electron chi connectivity index (χ4n) is 5.63. The van der Waals surface area contributed by atoms with Gasteiger partial charge in [0.05, 0.1) is 18.5 Å². The van der Waals surface area contributed by atoms with Gasteiger partial charge in [0, 0.05) is 0 Å². The number of anilines is 3. The first-order chi connectivity index (χ1) is 23.2. The Morgan fingerprint density at radius 2 is 1.21 bits per heavy atom. The molecule has 47 heavy (non-hydrogen) atoms. The number of para-hydroxylation sites is 2. The molecule has 229 valence electrons. The number of rotatable bonds is 9. The van der Waals surface area contributed by atoms with Gasteiger partial charge in [-0.05, 0) is 53.1 Å². The van der Waals surface area contributed by atoms with Crippen molar-refractivity contribution in [2.75, 3.05) is 17.3 Å². The van der Waals surface area contributed by atoms with E-state index in [4.69, 9.17) is 19.4 Å². The molecule has 1 radical (unpaired) electrons. The topological polar surface area (TPSA) is 105 Å². The third kappa shape index (κ3) is 5.73. The number of benzene rings is 5. The molecule has 0 fully saturated rings. The summed E-state index contributed by atoms with van der Waals surface area (Å²) < 4.78 is 11.5. The smallest absolute Gasteiger partial charge is 0.425 e. The molecule has 0 aliphatic heterocycles. The number of carbonyl (C=O) groups excluding carboxylic acids is 1. The van der Waals surface area contributed by atoms with E-state index < -0.39 is 11.6 Å². The average molecular weight is 618 g/mol. The second-order valence-corrected chi connectivity index (χ2v) is 10.6. The van der Waals surface area contributed by atoms with Gasteiger partial charge in [-0.3, -0.25) is 0 Å². The Labute approximate surface area is 271 Å². The number of aromatic nitrogens is 4. The SMILES string of the molecule is COc1ccc(C(Nc2nc(OC(=O)N(c3ccccc3)c3ccccc3)c3[nH][c]nc3n2)(c2ccccc2)c2ccccc2)cc1. The molecule has 2 heterocycles. The molecule has 2 aromatic heterocycles. The highest BCUT2D eigenvalue weighted by molar-refractivity contribution is 5.98. The number of nitrogens with zero attached hydrogens (tertiary/aromatic N) is 4. The van der Waals surface area contributed by atoms with E-state index in [2.05, 4.69) is 21.6 Å². The molecule has 1 amide bonds. The minimum atomic E-state index is -0.968. The zero-order valence-electron chi connectivity index (χ0n) is 25.4. The van der Waals surface area contributed by atoms with E-state index in [1.165, 1.54) is 4.90 Å². The molecule has 0 bridgehead atoms. The van der Waals surface area contributed by atoms with Gasteiger partial charge in [-0.25, -0.2) is 14.7 Å². The minimum Gasteiger partial charge on any atom is -0.497 e. The van der Waals surface area contributed by atoms with Crippen molar-refractivity contribution in [2.24, 2.45) is 0 Å². The van der Waals surface area contributed by atoms with Gasteiger partial charge >= 0.3 is 6.09 Å². The first kappa shape index (κ1) is 29.2. The van der Waals surface area contributed by atoms with Crippen molar-refractivity contribution in [2.45, 2.75) is 5.54 Å². The van der Waals surface area contributed by atoms with Crippen LogP contribution in [0.2, 0.25) is 0 Å². The Balaban J connectivity index is 1.36. The van der Waals surface area contributed by atoms with E-state index in [0.717, 1.165) is 22.4 Å². The quantitative estimate of drug-likeness (QED) is 0.159. The molecule has 0 saturated carbocycles. The van der Waals surface area contributed by atoms with Crippen molar-refractivity contribution in [3.63, 3.8) is 0 Å². The molecule has 0 atom stereocenters. The number of methoxy groups -OCH3 is 1. The van der Waals surface area contributed by atoms with Crippen LogP contribution in [0.1, 0.15) is 16.7 Å². The lowest BCUT2D eigenvalue weighted by Gasteiger charge is -2.37. The van der Waals surface area contributed by atoms with Gasteiger partial charge in [0.1, 0.15) is 16.8 Å². The van der Waals surface area contributed by atoms with Crippen LogP contribution in [-0.2, 0) is 5.54 Å². The molecule has 0 aliphatic carbocycles. The monoisotopic (exact) mass is 617 g/mol. The molecule has 9 heteroatoms. The van der Waals surface area contributed by atoms with Crippen molar-refractivity contribution >= 4 is 34.6 Å². The van der Waals surface area contributed by atoms with Crippen molar-refractivity contribution in [3.8, 4) is 11.6 Å². The van der Waals surface area contributed by atoms with E-state index in [1.807, 2.05) is 146 Å². The molecular formula is C38H29N6O3. The molecule has 7 rings (SSSR count). The number of amides is 1. The number of fused-ring (bicyclic) bond motifs is 1. The maximum atomic E-state index is 14.0. The number of carbonyl (C=O) groups is 1. The maximum absolute atomic E-state index is 14.0. The molecule has 7 aromatic rings. The summed E-state index contributed by atoms with van der Waals surface area (Å²) in [5.41, 5.74) is 3.69. The van der Waals surface area contributed by atoms with Crippen LogP contribution in [0.3, 0.4) is 0 Å². The Morgan fingerprint density at radius 3 is 1.74 bits per heavy atom. The highest BCUT2D eigenvalue weighted by Crippen LogP contribution is 2.40. The molecule has 0 spiro atoms. The third-order valence-electron chi connectivity index (χ3n) is 7.83. The number of imidazole rings is 1. The third-order valence-corrected chi connectivity index (χ3v) is 7.83. The Hall–Kier alpha value is -6.48. The Kier molecular flexibility index (Phi) is 8.00. The number of H-pyrrole nitrogens is 1. The normalized spacial score (nSPS) is 11.2. The predicted octanol–water partition coefficient (Wildman–Crippen LogP) is 7.90. The van der Waals surface area contributed by atoms with Crippen LogP contribution in [0.5, 0.6) is 11.6 Å². The Bertz CT molecular complexity index is 2010. The molecule has 0 unspecified atom stereocenters. The lowest BCUT2D eigenvalue weighted by Crippen LogP contribution is -2.39. The summed E-state index contributed by atoms with van der Waals surface area (Å²) in [5.74, 6) is 0.914. The van der Waals surface area contributed by atoms with Gasteiger partial charge in [-0.2, -0.15) is 9.97 Å². The molecular weight excluding hydrogens is 588 g/mol. The standard InChI is InChI=1S/C38H29N6O3/c1-46-32-24-22-29(23-25-32)38(27-14-6-2-7-15-27,28-16-8-3-9-17-28)43-36-41-34-33(39-26-40-34)35(42-36)47-37(45)44(30-18-10-4-11-19-30)31-20-12-5-13-21-31/h2-25H,1H3,(H2,39,40,41,42,43). The van der Waals surface area contributed by atoms with Gasteiger partial charge < -0.3 is 19.8 Å². The second-order valence-electron chi connectivity index (χ2n) is 10.6. The van der Waals surface area contributed by atoms with Crippen LogP contribution < -0.4 is 19.7 Å². The van der Waals surface area contributed by atoms with Crippen LogP contribution >= 0.6 is 0 Å². The van der Waals surface area contributed by atoms with Crippen molar-refractivity contribution < 1.29 is 14.3 Å².